The minimum atomic E-state index is -2.77. The molecule has 0 bridgehead atoms. The number of hydrogen-bond acceptors (Lipinski definition) is 14. The highest BCUT2D eigenvalue weighted by atomic mass is 28.5. The maximum Gasteiger partial charge on any atom is 0.323 e. The van der Waals surface area contributed by atoms with Crippen molar-refractivity contribution in [3.05, 3.63) is 0 Å². The zero-order valence-electron chi connectivity index (χ0n) is 30.5. The number of ether oxygens (including phenoxy) is 11. The molecule has 0 heterocycles. The molecule has 1 atom stereocenters. The predicted molar refractivity (Wildman–Crippen MR) is 186 cm³/mol. The Hall–Kier alpha value is 0.0906. The van der Waals surface area contributed by atoms with Crippen molar-refractivity contribution in [2.75, 3.05) is 146 Å². The van der Waals surface area contributed by atoms with Crippen LogP contribution in [-0.2, 0) is 60.3 Å². The Morgan fingerprint density at radius 2 is 0.617 bits per heavy atom. The molecule has 0 rings (SSSR count). The Morgan fingerprint density at radius 3 is 0.872 bits per heavy atom. The van der Waals surface area contributed by atoms with Crippen LogP contribution in [0, 0.1) is 0 Å². The molecule has 0 aromatic carbocycles. The Balaban J connectivity index is 3.25. The van der Waals surface area contributed by atoms with Crippen LogP contribution in [-0.4, -0.2) is 176 Å². The lowest BCUT2D eigenvalue weighted by molar-refractivity contribution is -0.0270. The van der Waals surface area contributed by atoms with Crippen molar-refractivity contribution in [1.82, 2.24) is 0 Å². The van der Waals surface area contributed by atoms with Gasteiger partial charge in [-0.3, -0.25) is 0 Å². The van der Waals surface area contributed by atoms with Gasteiger partial charge < -0.3 is 65.1 Å². The summed E-state index contributed by atoms with van der Waals surface area (Å²) in [7, 11) is -5.16. The van der Waals surface area contributed by atoms with E-state index in [9.17, 15) is 4.80 Å². The van der Waals surface area contributed by atoms with Crippen molar-refractivity contribution in [2.24, 2.45) is 0 Å². The summed E-state index contributed by atoms with van der Waals surface area (Å²) in [4.78, 5) is 10.7. The summed E-state index contributed by atoms with van der Waals surface area (Å²) >= 11 is 0. The Bertz CT molecular complexity index is 660. The van der Waals surface area contributed by atoms with E-state index in [2.05, 4.69) is 19.6 Å². The van der Waals surface area contributed by atoms with E-state index in [4.69, 9.17) is 60.3 Å². The molecule has 47 heavy (non-hydrogen) atoms. The van der Waals surface area contributed by atoms with Gasteiger partial charge in [0.1, 0.15) is 0 Å². The maximum absolute atomic E-state index is 10.7. The predicted octanol–water partition coefficient (Wildman–Crippen LogP) is 2.82. The quantitative estimate of drug-likeness (QED) is 0.0734. The molecule has 284 valence electrons. The molecule has 0 saturated carbocycles. The normalized spacial score (nSPS) is 13.8. The van der Waals surface area contributed by atoms with Gasteiger partial charge >= 0.3 is 17.1 Å². The van der Waals surface area contributed by atoms with Crippen LogP contribution in [0.4, 0.5) is 0 Å². The van der Waals surface area contributed by atoms with Crippen molar-refractivity contribution in [3.63, 3.8) is 0 Å². The first kappa shape index (κ1) is 47.1. The van der Waals surface area contributed by atoms with Crippen LogP contribution in [0.25, 0.3) is 0 Å². The van der Waals surface area contributed by atoms with Gasteiger partial charge in [-0.25, -0.2) is 0 Å². The van der Waals surface area contributed by atoms with Crippen molar-refractivity contribution < 1.29 is 65.1 Å². The summed E-state index contributed by atoms with van der Waals surface area (Å²) in [5.41, 5.74) is 0. The summed E-state index contributed by atoms with van der Waals surface area (Å²) in [5, 5.41) is 0. The van der Waals surface area contributed by atoms with E-state index >= 15 is 0 Å². The summed E-state index contributed by atoms with van der Waals surface area (Å²) in [6.07, 6.45) is 0.747. The van der Waals surface area contributed by atoms with E-state index in [1.165, 1.54) is 0 Å². The minimum Gasteiger partial charge on any atom is -0.437 e. The molecule has 0 aliphatic heterocycles. The molecule has 0 saturated heterocycles. The zero-order valence-corrected chi connectivity index (χ0v) is 33.5. The molecule has 0 aromatic heterocycles. The zero-order chi connectivity index (χ0) is 35.0. The summed E-state index contributed by atoms with van der Waals surface area (Å²) in [6.45, 7) is 23.3. The second kappa shape index (κ2) is 32.0. The van der Waals surface area contributed by atoms with Crippen LogP contribution in [0.15, 0.2) is 0 Å². The van der Waals surface area contributed by atoms with E-state index in [1.807, 2.05) is 19.6 Å². The van der Waals surface area contributed by atoms with E-state index in [-0.39, 0.29) is 0 Å². The highest BCUT2D eigenvalue weighted by molar-refractivity contribution is 6.85. The molecule has 14 nitrogen and oxygen atoms in total. The SMILES string of the molecule is COCCOCCOCCOCCOCCOCCOCCOCCOCCOCCOCCC[Si](C)(O)O[Si](C)(C)O[Si](C)(C)C. The molecule has 0 radical (unpaired) electrons. The molecule has 0 aliphatic carbocycles. The maximum atomic E-state index is 10.7. The highest BCUT2D eigenvalue weighted by Crippen LogP contribution is 2.22. The third kappa shape index (κ3) is 38.7. The van der Waals surface area contributed by atoms with Gasteiger partial charge in [-0.15, -0.1) is 0 Å². The molecule has 17 heteroatoms. The third-order valence-electron chi connectivity index (χ3n) is 5.73. The van der Waals surface area contributed by atoms with Crippen LogP contribution in [0.5, 0.6) is 0 Å². The first-order valence-electron chi connectivity index (χ1n) is 16.9. The van der Waals surface area contributed by atoms with Gasteiger partial charge in [0.25, 0.3) is 0 Å². The molecule has 0 aliphatic rings. The average molecular weight is 737 g/mol. The first-order valence-corrected chi connectivity index (χ1v) is 25.7. The first-order chi connectivity index (χ1) is 22.5. The van der Waals surface area contributed by atoms with Gasteiger partial charge in [-0.1, -0.05) is 0 Å². The van der Waals surface area contributed by atoms with Crippen molar-refractivity contribution in [3.8, 4) is 0 Å². The smallest absolute Gasteiger partial charge is 0.323 e. The Kier molecular flexibility index (Phi) is 32.1. The molecule has 0 aromatic rings. The summed E-state index contributed by atoms with van der Waals surface area (Å²) < 4.78 is 71.9. The largest absolute Gasteiger partial charge is 0.437 e. The van der Waals surface area contributed by atoms with Gasteiger partial charge in [-0.2, -0.15) is 0 Å². The van der Waals surface area contributed by atoms with Gasteiger partial charge in [0, 0.05) is 13.7 Å². The van der Waals surface area contributed by atoms with Crippen molar-refractivity contribution >= 4 is 25.4 Å². The monoisotopic (exact) mass is 736 g/mol. The van der Waals surface area contributed by atoms with E-state index in [1.54, 1.807) is 7.11 Å². The molecule has 1 unspecified atom stereocenters. The summed E-state index contributed by atoms with van der Waals surface area (Å²) in [5.74, 6) is 0. The number of rotatable bonds is 38. The molecular weight excluding hydrogens is 669 g/mol. The Labute approximate surface area is 287 Å². The van der Waals surface area contributed by atoms with E-state index < -0.39 is 25.4 Å². The number of hydrogen-bond donors (Lipinski definition) is 1. The third-order valence-corrected chi connectivity index (χ3v) is 15.1. The lowest BCUT2D eigenvalue weighted by Gasteiger charge is -2.36. The lowest BCUT2D eigenvalue weighted by Crippen LogP contribution is -2.52. The lowest BCUT2D eigenvalue weighted by atomic mass is 10.5. The van der Waals surface area contributed by atoms with Gasteiger partial charge in [0.2, 0.25) is 0 Å². The van der Waals surface area contributed by atoms with Crippen LogP contribution in [0.2, 0.25) is 45.3 Å². The van der Waals surface area contributed by atoms with Gasteiger partial charge in [-0.05, 0) is 51.7 Å². The van der Waals surface area contributed by atoms with Crippen molar-refractivity contribution in [2.45, 2.75) is 51.7 Å². The fraction of sp³-hybridized carbons (Fsp3) is 1.00. The van der Waals surface area contributed by atoms with Crippen LogP contribution < -0.4 is 0 Å². The van der Waals surface area contributed by atoms with Crippen LogP contribution in [0.3, 0.4) is 0 Å². The second-order valence-corrected chi connectivity index (χ2v) is 23.6. The Morgan fingerprint density at radius 1 is 0.362 bits per heavy atom. The second-order valence-electron chi connectivity index (χ2n) is 12.1. The fourth-order valence-electron chi connectivity index (χ4n) is 4.06. The van der Waals surface area contributed by atoms with Crippen LogP contribution >= 0.6 is 0 Å². The standard InChI is InChI=1S/C30H68O14Si3/c1-32-10-11-34-14-15-36-18-19-38-22-23-40-26-27-42-29-28-41-25-24-39-21-20-37-17-16-35-13-12-33-9-8-30-47(7,31)44-46(5,6)43-45(2,3)4/h31H,8-30H2,1-7H3. The summed E-state index contributed by atoms with van der Waals surface area (Å²) in [6, 6.07) is 0.621. The highest BCUT2D eigenvalue weighted by Gasteiger charge is 2.39. The molecule has 1 N–H and O–H groups in total. The van der Waals surface area contributed by atoms with Gasteiger partial charge in [0.15, 0.2) is 8.32 Å². The number of methoxy groups -OCH3 is 1. The topological polar surface area (TPSA) is 140 Å². The minimum absolute atomic E-state index is 0.500. The molecule has 0 fully saturated rings. The fourth-order valence-corrected chi connectivity index (χ4v) is 15.9. The molecule has 0 amide bonds. The van der Waals surface area contributed by atoms with Crippen molar-refractivity contribution in [1.29, 1.82) is 0 Å². The van der Waals surface area contributed by atoms with E-state index in [0.29, 0.717) is 145 Å². The van der Waals surface area contributed by atoms with Crippen LogP contribution in [0.1, 0.15) is 6.42 Å². The van der Waals surface area contributed by atoms with E-state index in [0.717, 1.165) is 6.42 Å². The molecular formula is C30H68O14Si3. The average Bonchev–Trinajstić information content (AvgIpc) is 2.97. The molecule has 0 spiro atoms. The van der Waals surface area contributed by atoms with Gasteiger partial charge in [0.05, 0.1) is 132 Å².